The van der Waals surface area contributed by atoms with Gasteiger partial charge in [0.2, 0.25) is 5.95 Å². The van der Waals surface area contributed by atoms with E-state index < -0.39 is 0 Å². The Bertz CT molecular complexity index is 409. The zero-order valence-electron chi connectivity index (χ0n) is 10.9. The first-order valence-electron chi connectivity index (χ1n) is 5.96. The maximum absolute atomic E-state index is 5.74. The lowest BCUT2D eigenvalue weighted by Crippen LogP contribution is -2.23. The molecular formula is C12H20N4O. The number of aromatic nitrogens is 3. The predicted molar refractivity (Wildman–Crippen MR) is 65.4 cm³/mol. The minimum Gasteiger partial charge on any atom is -0.373 e. The monoisotopic (exact) mass is 236 g/mol. The van der Waals surface area contributed by atoms with E-state index in [9.17, 15) is 0 Å². The van der Waals surface area contributed by atoms with E-state index in [0.717, 1.165) is 18.7 Å². The standard InChI is InChI=1S/C12H20N4O/c1-12(2,3)8(17-4)10-14-9(7-5-6-7)15-11(13)16-10/h7-8H,5-6H2,1-4H3,(H2,13,14,15,16). The van der Waals surface area contributed by atoms with Gasteiger partial charge < -0.3 is 10.5 Å². The van der Waals surface area contributed by atoms with Gasteiger partial charge in [-0.05, 0) is 18.3 Å². The van der Waals surface area contributed by atoms with Crippen LogP contribution in [0.3, 0.4) is 0 Å². The van der Waals surface area contributed by atoms with Crippen molar-refractivity contribution in [1.29, 1.82) is 0 Å². The first-order chi connectivity index (χ1) is 7.91. The molecule has 0 aliphatic heterocycles. The van der Waals surface area contributed by atoms with Crippen LogP contribution < -0.4 is 5.73 Å². The summed E-state index contributed by atoms with van der Waals surface area (Å²) in [7, 11) is 1.67. The molecule has 1 heterocycles. The molecule has 0 aromatic carbocycles. The molecular weight excluding hydrogens is 216 g/mol. The number of hydrogen-bond acceptors (Lipinski definition) is 5. The fraction of sp³-hybridized carbons (Fsp3) is 0.750. The molecule has 17 heavy (non-hydrogen) atoms. The van der Waals surface area contributed by atoms with Crippen molar-refractivity contribution in [1.82, 2.24) is 15.0 Å². The molecule has 1 aliphatic carbocycles. The largest absolute Gasteiger partial charge is 0.373 e. The zero-order valence-corrected chi connectivity index (χ0v) is 10.9. The van der Waals surface area contributed by atoms with E-state index in [-0.39, 0.29) is 11.5 Å². The van der Waals surface area contributed by atoms with Gasteiger partial charge in [0.1, 0.15) is 11.9 Å². The third-order valence-corrected chi connectivity index (χ3v) is 2.89. The third kappa shape index (κ3) is 2.72. The highest BCUT2D eigenvalue weighted by molar-refractivity contribution is 5.20. The Morgan fingerprint density at radius 1 is 1.24 bits per heavy atom. The number of ether oxygens (including phenoxy) is 1. The first-order valence-corrected chi connectivity index (χ1v) is 5.96. The second-order valence-electron chi connectivity index (χ2n) is 5.67. The van der Waals surface area contributed by atoms with Gasteiger partial charge in [-0.15, -0.1) is 0 Å². The lowest BCUT2D eigenvalue weighted by Gasteiger charge is -2.28. The Labute approximate surface area is 102 Å². The number of methoxy groups -OCH3 is 1. The molecule has 0 saturated heterocycles. The van der Waals surface area contributed by atoms with Crippen LogP contribution in [0.4, 0.5) is 5.95 Å². The molecule has 1 aliphatic rings. The number of nitrogens with zero attached hydrogens (tertiary/aromatic N) is 3. The SMILES string of the molecule is COC(c1nc(N)nc(C2CC2)n1)C(C)(C)C. The summed E-state index contributed by atoms with van der Waals surface area (Å²) in [6.07, 6.45) is 2.14. The molecule has 0 bridgehead atoms. The van der Waals surface area contributed by atoms with Crippen LogP contribution in [0.2, 0.25) is 0 Å². The van der Waals surface area contributed by atoms with E-state index >= 15 is 0 Å². The van der Waals surface area contributed by atoms with E-state index in [4.69, 9.17) is 10.5 Å². The molecule has 0 radical (unpaired) electrons. The Kier molecular flexibility index (Phi) is 3.03. The van der Waals surface area contributed by atoms with Crippen molar-refractivity contribution in [3.63, 3.8) is 0 Å². The van der Waals surface area contributed by atoms with Crippen molar-refractivity contribution in [2.75, 3.05) is 12.8 Å². The Balaban J connectivity index is 2.36. The predicted octanol–water partition coefficient (Wildman–Crippen LogP) is 2.06. The van der Waals surface area contributed by atoms with Crippen LogP contribution in [0.25, 0.3) is 0 Å². The smallest absolute Gasteiger partial charge is 0.223 e. The van der Waals surface area contributed by atoms with E-state index in [2.05, 4.69) is 35.7 Å². The van der Waals surface area contributed by atoms with E-state index in [1.165, 1.54) is 0 Å². The summed E-state index contributed by atoms with van der Waals surface area (Å²) >= 11 is 0. The summed E-state index contributed by atoms with van der Waals surface area (Å²) in [5.41, 5.74) is 5.68. The van der Waals surface area contributed by atoms with Crippen LogP contribution in [-0.4, -0.2) is 22.1 Å². The normalized spacial score (nSPS) is 18.1. The first kappa shape index (κ1) is 12.2. The van der Waals surface area contributed by atoms with Crippen molar-refractivity contribution in [2.45, 2.75) is 45.6 Å². The fourth-order valence-electron chi connectivity index (χ4n) is 1.91. The highest BCUT2D eigenvalue weighted by atomic mass is 16.5. The summed E-state index contributed by atoms with van der Waals surface area (Å²) in [5.74, 6) is 2.23. The number of rotatable bonds is 3. The van der Waals surface area contributed by atoms with Crippen LogP contribution in [0.5, 0.6) is 0 Å². The summed E-state index contributed by atoms with van der Waals surface area (Å²) < 4.78 is 5.50. The average Bonchev–Trinajstić information content (AvgIpc) is 2.98. The number of nitrogens with two attached hydrogens (primary N) is 1. The van der Waals surface area contributed by atoms with Gasteiger partial charge in [0, 0.05) is 13.0 Å². The van der Waals surface area contributed by atoms with Crippen LogP contribution >= 0.6 is 0 Å². The van der Waals surface area contributed by atoms with Gasteiger partial charge in [-0.25, -0.2) is 4.98 Å². The molecule has 5 nitrogen and oxygen atoms in total. The Hall–Kier alpha value is -1.23. The quantitative estimate of drug-likeness (QED) is 0.869. The van der Waals surface area contributed by atoms with Crippen LogP contribution in [-0.2, 0) is 4.74 Å². The van der Waals surface area contributed by atoms with Gasteiger partial charge in [-0.1, -0.05) is 20.8 Å². The molecule has 2 rings (SSSR count). The van der Waals surface area contributed by atoms with E-state index in [0.29, 0.717) is 17.7 Å². The van der Waals surface area contributed by atoms with E-state index in [1.807, 2.05) is 0 Å². The van der Waals surface area contributed by atoms with Crippen molar-refractivity contribution >= 4 is 5.95 Å². The molecule has 5 heteroatoms. The van der Waals surface area contributed by atoms with Crippen LogP contribution in [0.15, 0.2) is 0 Å². The van der Waals surface area contributed by atoms with Crippen molar-refractivity contribution in [3.05, 3.63) is 11.6 Å². The molecule has 0 spiro atoms. The molecule has 1 aromatic heterocycles. The second kappa shape index (κ2) is 4.22. The Morgan fingerprint density at radius 2 is 1.88 bits per heavy atom. The summed E-state index contributed by atoms with van der Waals surface area (Å²) in [4.78, 5) is 12.9. The molecule has 1 aromatic rings. The summed E-state index contributed by atoms with van der Waals surface area (Å²) in [5, 5.41) is 0. The minimum atomic E-state index is -0.162. The highest BCUT2D eigenvalue weighted by Crippen LogP contribution is 2.39. The number of nitrogen functional groups attached to an aromatic ring is 1. The fourth-order valence-corrected chi connectivity index (χ4v) is 1.91. The molecule has 0 amide bonds. The molecule has 1 fully saturated rings. The van der Waals surface area contributed by atoms with Gasteiger partial charge in [-0.2, -0.15) is 9.97 Å². The average molecular weight is 236 g/mol. The van der Waals surface area contributed by atoms with Gasteiger partial charge in [0.15, 0.2) is 5.82 Å². The van der Waals surface area contributed by atoms with Gasteiger partial charge >= 0.3 is 0 Å². The van der Waals surface area contributed by atoms with Gasteiger partial charge in [0.05, 0.1) is 0 Å². The van der Waals surface area contributed by atoms with Gasteiger partial charge in [0.25, 0.3) is 0 Å². The highest BCUT2D eigenvalue weighted by Gasteiger charge is 2.32. The van der Waals surface area contributed by atoms with E-state index in [1.54, 1.807) is 7.11 Å². The third-order valence-electron chi connectivity index (χ3n) is 2.89. The topological polar surface area (TPSA) is 73.9 Å². The summed E-state index contributed by atoms with van der Waals surface area (Å²) in [6, 6.07) is 0. The molecule has 1 saturated carbocycles. The number of hydrogen-bond donors (Lipinski definition) is 1. The van der Waals surface area contributed by atoms with Crippen molar-refractivity contribution in [2.24, 2.45) is 5.41 Å². The lowest BCUT2D eigenvalue weighted by molar-refractivity contribution is 0.00845. The molecule has 94 valence electrons. The van der Waals surface area contributed by atoms with Crippen molar-refractivity contribution < 1.29 is 4.74 Å². The van der Waals surface area contributed by atoms with Crippen LogP contribution in [0.1, 0.15) is 57.3 Å². The molecule has 2 N–H and O–H groups in total. The molecule has 1 unspecified atom stereocenters. The maximum atomic E-state index is 5.74. The Morgan fingerprint density at radius 3 is 2.35 bits per heavy atom. The van der Waals surface area contributed by atoms with Crippen LogP contribution in [0, 0.1) is 5.41 Å². The van der Waals surface area contributed by atoms with Gasteiger partial charge in [-0.3, -0.25) is 0 Å². The molecule has 1 atom stereocenters. The minimum absolute atomic E-state index is 0.0661. The zero-order chi connectivity index (χ0) is 12.6. The van der Waals surface area contributed by atoms with Crippen molar-refractivity contribution in [3.8, 4) is 0 Å². The summed E-state index contributed by atoms with van der Waals surface area (Å²) in [6.45, 7) is 6.29. The maximum Gasteiger partial charge on any atom is 0.223 e. The second-order valence-corrected chi connectivity index (χ2v) is 5.67. The lowest BCUT2D eigenvalue weighted by atomic mass is 9.88. The number of anilines is 1.